The van der Waals surface area contributed by atoms with E-state index >= 15 is 0 Å². The number of ketones is 1. The number of halogens is 2. The maximum atomic E-state index is 11.5. The van der Waals surface area contributed by atoms with Crippen molar-refractivity contribution in [2.24, 2.45) is 0 Å². The van der Waals surface area contributed by atoms with Crippen LogP contribution in [0.4, 0.5) is 0 Å². The smallest absolute Gasteiger partial charge is 0.139 e. The summed E-state index contributed by atoms with van der Waals surface area (Å²) in [5.41, 5.74) is 0.769. The molecule has 0 aliphatic rings. The summed E-state index contributed by atoms with van der Waals surface area (Å²) < 4.78 is 4.82. The SMILES string of the molecule is COCCC(=O)Cc1cccc(Cl)c1Cl. The highest BCUT2D eigenvalue weighted by Crippen LogP contribution is 2.26. The Kier molecular flexibility index (Phi) is 5.09. The van der Waals surface area contributed by atoms with Gasteiger partial charge in [0.05, 0.1) is 16.7 Å². The highest BCUT2D eigenvalue weighted by Gasteiger charge is 2.08. The van der Waals surface area contributed by atoms with Crippen LogP contribution in [0.2, 0.25) is 10.0 Å². The molecule has 0 bridgehead atoms. The molecule has 2 nitrogen and oxygen atoms in total. The molecule has 0 saturated carbocycles. The second-order valence-electron chi connectivity index (χ2n) is 3.17. The van der Waals surface area contributed by atoms with Gasteiger partial charge in [-0.3, -0.25) is 4.79 Å². The van der Waals surface area contributed by atoms with Crippen LogP contribution in [0.3, 0.4) is 0 Å². The van der Waals surface area contributed by atoms with Crippen molar-refractivity contribution in [1.82, 2.24) is 0 Å². The standard InChI is InChI=1S/C11H12Cl2O2/c1-15-6-5-9(14)7-8-3-2-4-10(12)11(8)13/h2-4H,5-7H2,1H3. The summed E-state index contributed by atoms with van der Waals surface area (Å²) in [5, 5.41) is 0.943. The van der Waals surface area contributed by atoms with Gasteiger partial charge < -0.3 is 4.74 Å². The molecule has 0 aliphatic heterocycles. The fourth-order valence-electron chi connectivity index (χ4n) is 1.20. The van der Waals surface area contributed by atoms with Crippen LogP contribution in [0.1, 0.15) is 12.0 Å². The monoisotopic (exact) mass is 246 g/mol. The first-order valence-corrected chi connectivity index (χ1v) is 5.34. The van der Waals surface area contributed by atoms with Crippen LogP contribution in [0.5, 0.6) is 0 Å². The minimum absolute atomic E-state index is 0.0982. The second kappa shape index (κ2) is 6.11. The van der Waals surface area contributed by atoms with Gasteiger partial charge in [0.15, 0.2) is 0 Å². The van der Waals surface area contributed by atoms with Crippen LogP contribution in [0, 0.1) is 0 Å². The molecule has 0 aliphatic carbocycles. The largest absolute Gasteiger partial charge is 0.384 e. The number of methoxy groups -OCH3 is 1. The third-order valence-electron chi connectivity index (χ3n) is 2.00. The van der Waals surface area contributed by atoms with E-state index in [1.54, 1.807) is 25.3 Å². The zero-order chi connectivity index (χ0) is 11.3. The molecule has 1 rings (SSSR count). The van der Waals surface area contributed by atoms with E-state index in [1.165, 1.54) is 0 Å². The lowest BCUT2D eigenvalue weighted by Gasteiger charge is -2.04. The van der Waals surface area contributed by atoms with Gasteiger partial charge in [0.1, 0.15) is 5.78 Å². The second-order valence-corrected chi connectivity index (χ2v) is 3.96. The third kappa shape index (κ3) is 3.82. The summed E-state index contributed by atoms with van der Waals surface area (Å²) >= 11 is 11.8. The minimum Gasteiger partial charge on any atom is -0.384 e. The van der Waals surface area contributed by atoms with Gasteiger partial charge in [0.2, 0.25) is 0 Å². The Bertz CT molecular complexity index is 350. The molecule has 1 aromatic carbocycles. The van der Waals surface area contributed by atoms with Gasteiger partial charge in [-0.05, 0) is 11.6 Å². The Balaban J connectivity index is 2.64. The van der Waals surface area contributed by atoms with Crippen LogP contribution in [-0.2, 0) is 16.0 Å². The van der Waals surface area contributed by atoms with Crippen molar-refractivity contribution in [2.45, 2.75) is 12.8 Å². The minimum atomic E-state index is 0.0982. The van der Waals surface area contributed by atoms with E-state index in [2.05, 4.69) is 0 Å². The molecule has 0 heterocycles. The molecule has 0 atom stereocenters. The quantitative estimate of drug-likeness (QED) is 0.798. The van der Waals surface area contributed by atoms with Crippen molar-refractivity contribution < 1.29 is 9.53 Å². The van der Waals surface area contributed by atoms with Crippen molar-refractivity contribution in [3.8, 4) is 0 Å². The molecule has 0 spiro atoms. The number of carbonyl (C=O) groups excluding carboxylic acids is 1. The van der Waals surface area contributed by atoms with Gasteiger partial charge in [-0.25, -0.2) is 0 Å². The molecule has 0 unspecified atom stereocenters. The number of benzene rings is 1. The van der Waals surface area contributed by atoms with Gasteiger partial charge in [-0.1, -0.05) is 35.3 Å². The maximum Gasteiger partial charge on any atom is 0.139 e. The van der Waals surface area contributed by atoms with Crippen LogP contribution in [0.25, 0.3) is 0 Å². The van der Waals surface area contributed by atoms with Gasteiger partial charge in [0.25, 0.3) is 0 Å². The first-order valence-electron chi connectivity index (χ1n) is 4.58. The van der Waals surface area contributed by atoms with Crippen molar-refractivity contribution in [3.05, 3.63) is 33.8 Å². The van der Waals surface area contributed by atoms with E-state index in [0.29, 0.717) is 29.5 Å². The third-order valence-corrected chi connectivity index (χ3v) is 2.86. The summed E-state index contributed by atoms with van der Waals surface area (Å²) in [5.74, 6) is 0.0982. The van der Waals surface area contributed by atoms with Crippen LogP contribution in [0.15, 0.2) is 18.2 Å². The molecular formula is C11H12Cl2O2. The maximum absolute atomic E-state index is 11.5. The molecule has 0 radical (unpaired) electrons. The van der Waals surface area contributed by atoms with E-state index in [4.69, 9.17) is 27.9 Å². The molecule has 0 N–H and O–H groups in total. The summed E-state index contributed by atoms with van der Waals surface area (Å²) in [6.07, 6.45) is 0.710. The van der Waals surface area contributed by atoms with E-state index in [1.807, 2.05) is 0 Å². The van der Waals surface area contributed by atoms with Gasteiger partial charge in [-0.2, -0.15) is 0 Å². The van der Waals surface area contributed by atoms with Crippen molar-refractivity contribution in [1.29, 1.82) is 0 Å². The van der Waals surface area contributed by atoms with Crippen molar-refractivity contribution >= 4 is 29.0 Å². The topological polar surface area (TPSA) is 26.3 Å². The van der Waals surface area contributed by atoms with Crippen LogP contribution >= 0.6 is 23.2 Å². The van der Waals surface area contributed by atoms with Gasteiger partial charge in [-0.15, -0.1) is 0 Å². The van der Waals surface area contributed by atoms with Crippen molar-refractivity contribution in [3.63, 3.8) is 0 Å². The number of hydrogen-bond donors (Lipinski definition) is 0. The molecule has 15 heavy (non-hydrogen) atoms. The fourth-order valence-corrected chi connectivity index (χ4v) is 1.59. The lowest BCUT2D eigenvalue weighted by Crippen LogP contribution is -2.06. The first kappa shape index (κ1) is 12.5. The summed E-state index contributed by atoms with van der Waals surface area (Å²) in [4.78, 5) is 11.5. The summed E-state index contributed by atoms with van der Waals surface area (Å²) in [6.45, 7) is 0.441. The molecule has 0 amide bonds. The van der Waals surface area contributed by atoms with Gasteiger partial charge in [0, 0.05) is 20.0 Å². The zero-order valence-electron chi connectivity index (χ0n) is 8.43. The Labute approximate surface area is 99.1 Å². The number of Topliss-reactive ketones (excluding diaryl/α,β-unsaturated/α-hetero) is 1. The Morgan fingerprint density at radius 1 is 1.40 bits per heavy atom. The van der Waals surface area contributed by atoms with E-state index in [-0.39, 0.29) is 5.78 Å². The fraction of sp³-hybridized carbons (Fsp3) is 0.364. The Morgan fingerprint density at radius 2 is 2.13 bits per heavy atom. The van der Waals surface area contributed by atoms with Gasteiger partial charge >= 0.3 is 0 Å². The lowest BCUT2D eigenvalue weighted by atomic mass is 10.1. The summed E-state index contributed by atoms with van der Waals surface area (Å²) in [6, 6.07) is 5.29. The normalized spacial score (nSPS) is 10.3. The predicted octanol–water partition coefficient (Wildman–Crippen LogP) is 3.14. The average molecular weight is 247 g/mol. The molecule has 1 aromatic rings. The van der Waals surface area contributed by atoms with Crippen LogP contribution in [-0.4, -0.2) is 19.5 Å². The number of rotatable bonds is 5. The Hall–Kier alpha value is -0.570. The molecule has 82 valence electrons. The zero-order valence-corrected chi connectivity index (χ0v) is 9.94. The number of hydrogen-bond acceptors (Lipinski definition) is 2. The van der Waals surface area contributed by atoms with E-state index < -0.39 is 0 Å². The Morgan fingerprint density at radius 3 is 2.80 bits per heavy atom. The van der Waals surface area contributed by atoms with Crippen LogP contribution < -0.4 is 0 Å². The van der Waals surface area contributed by atoms with E-state index in [0.717, 1.165) is 5.56 Å². The lowest BCUT2D eigenvalue weighted by molar-refractivity contribution is -0.119. The first-order chi connectivity index (χ1) is 7.15. The molecule has 0 fully saturated rings. The van der Waals surface area contributed by atoms with Crippen molar-refractivity contribution in [2.75, 3.05) is 13.7 Å². The molecule has 0 saturated heterocycles. The highest BCUT2D eigenvalue weighted by atomic mass is 35.5. The number of carbonyl (C=O) groups is 1. The molecular weight excluding hydrogens is 235 g/mol. The number of ether oxygens (including phenoxy) is 1. The average Bonchev–Trinajstić information content (AvgIpc) is 2.22. The summed E-state index contributed by atoms with van der Waals surface area (Å²) in [7, 11) is 1.57. The van der Waals surface area contributed by atoms with E-state index in [9.17, 15) is 4.79 Å². The molecule has 4 heteroatoms. The predicted molar refractivity (Wildman–Crippen MR) is 61.7 cm³/mol. The molecule has 0 aromatic heterocycles. The highest BCUT2D eigenvalue weighted by molar-refractivity contribution is 6.42.